The van der Waals surface area contributed by atoms with E-state index in [-0.39, 0.29) is 16.3 Å². The maximum atomic E-state index is 12.3. The van der Waals surface area contributed by atoms with Crippen molar-refractivity contribution in [1.82, 2.24) is 0 Å². The summed E-state index contributed by atoms with van der Waals surface area (Å²) in [5, 5.41) is 2.79. The normalized spacial score (nSPS) is 10.4. The lowest BCUT2D eigenvalue weighted by molar-refractivity contribution is -0.119. The van der Waals surface area contributed by atoms with Gasteiger partial charge >= 0.3 is 5.97 Å². The number of aldehydes is 1. The summed E-state index contributed by atoms with van der Waals surface area (Å²) >= 11 is 9.38. The van der Waals surface area contributed by atoms with Gasteiger partial charge in [-0.25, -0.2) is 4.79 Å². The van der Waals surface area contributed by atoms with Gasteiger partial charge in [0.25, 0.3) is 5.91 Å². The molecule has 0 aliphatic carbocycles. The van der Waals surface area contributed by atoms with Crippen LogP contribution in [-0.2, 0) is 9.53 Å². The van der Waals surface area contributed by atoms with Gasteiger partial charge in [-0.2, -0.15) is 0 Å². The summed E-state index contributed by atoms with van der Waals surface area (Å²) in [6, 6.07) is 14.7. The van der Waals surface area contributed by atoms with E-state index in [9.17, 15) is 14.4 Å². The fourth-order valence-electron chi connectivity index (χ4n) is 2.35. The van der Waals surface area contributed by atoms with E-state index in [2.05, 4.69) is 21.2 Å². The largest absolute Gasteiger partial charge is 0.453 e. The summed E-state index contributed by atoms with van der Waals surface area (Å²) in [5.74, 6) is -0.663. The first-order valence-electron chi connectivity index (χ1n) is 8.04. The SMILES string of the molecule is O=Cc1ccc(-c2ccc(Cl)c(C(=O)OCC(=O)Nc3ccc(Br)cc3)c2)o1. The number of hydrogen-bond donors (Lipinski definition) is 1. The van der Waals surface area contributed by atoms with Crippen molar-refractivity contribution in [2.45, 2.75) is 0 Å². The summed E-state index contributed by atoms with van der Waals surface area (Å²) in [4.78, 5) is 35.0. The number of amides is 1. The van der Waals surface area contributed by atoms with Crippen LogP contribution in [0.25, 0.3) is 11.3 Å². The average Bonchev–Trinajstić information content (AvgIpc) is 3.17. The van der Waals surface area contributed by atoms with Crippen LogP contribution >= 0.6 is 27.5 Å². The number of furan rings is 1. The highest BCUT2D eigenvalue weighted by Gasteiger charge is 2.16. The first-order chi connectivity index (χ1) is 13.5. The number of nitrogens with one attached hydrogen (secondary N) is 1. The standard InChI is InChI=1S/C20H13BrClNO5/c21-13-2-4-14(5-3-13)23-19(25)11-27-20(26)16-9-12(1-7-17(16)22)18-8-6-15(10-24)28-18/h1-10H,11H2,(H,23,25). The number of hydrogen-bond acceptors (Lipinski definition) is 5. The molecule has 3 aromatic rings. The third kappa shape index (κ3) is 4.88. The van der Waals surface area contributed by atoms with E-state index in [0.717, 1.165) is 4.47 Å². The van der Waals surface area contributed by atoms with Gasteiger partial charge in [-0.05, 0) is 54.6 Å². The molecule has 1 N–H and O–H groups in total. The summed E-state index contributed by atoms with van der Waals surface area (Å²) in [5.41, 5.74) is 1.21. The van der Waals surface area contributed by atoms with Crippen molar-refractivity contribution >= 4 is 51.4 Å². The molecule has 0 saturated heterocycles. The van der Waals surface area contributed by atoms with Crippen LogP contribution in [0.3, 0.4) is 0 Å². The minimum Gasteiger partial charge on any atom is -0.453 e. The lowest BCUT2D eigenvalue weighted by Crippen LogP contribution is -2.21. The smallest absolute Gasteiger partial charge is 0.340 e. The van der Waals surface area contributed by atoms with Crippen LogP contribution < -0.4 is 5.32 Å². The Hall–Kier alpha value is -2.90. The molecule has 0 unspecified atom stereocenters. The highest BCUT2D eigenvalue weighted by Crippen LogP contribution is 2.27. The quantitative estimate of drug-likeness (QED) is 0.413. The zero-order valence-electron chi connectivity index (χ0n) is 14.3. The lowest BCUT2D eigenvalue weighted by atomic mass is 10.1. The molecular weight excluding hydrogens is 450 g/mol. The number of carbonyl (C=O) groups excluding carboxylic acids is 3. The Bertz CT molecular complexity index is 1030. The van der Waals surface area contributed by atoms with Crippen LogP contribution in [0.4, 0.5) is 5.69 Å². The van der Waals surface area contributed by atoms with E-state index < -0.39 is 18.5 Å². The fraction of sp³-hybridized carbons (Fsp3) is 0.0500. The van der Waals surface area contributed by atoms with Crippen LogP contribution in [0.1, 0.15) is 20.9 Å². The Morgan fingerprint density at radius 2 is 1.86 bits per heavy atom. The highest BCUT2D eigenvalue weighted by molar-refractivity contribution is 9.10. The molecule has 142 valence electrons. The van der Waals surface area contributed by atoms with Gasteiger partial charge in [0, 0.05) is 15.7 Å². The van der Waals surface area contributed by atoms with E-state index in [4.69, 9.17) is 20.8 Å². The molecule has 8 heteroatoms. The third-order valence-corrected chi connectivity index (χ3v) is 4.53. The van der Waals surface area contributed by atoms with Crippen LogP contribution in [0.15, 0.2) is 63.5 Å². The van der Waals surface area contributed by atoms with Gasteiger partial charge in [0.1, 0.15) is 5.76 Å². The third-order valence-electron chi connectivity index (χ3n) is 3.68. The Balaban J connectivity index is 1.66. The Morgan fingerprint density at radius 3 is 2.54 bits per heavy atom. The summed E-state index contributed by atoms with van der Waals surface area (Å²) in [6.45, 7) is -0.467. The number of ether oxygens (including phenoxy) is 1. The summed E-state index contributed by atoms with van der Waals surface area (Å²) in [7, 11) is 0. The lowest BCUT2D eigenvalue weighted by Gasteiger charge is -2.08. The second-order valence-electron chi connectivity index (χ2n) is 5.65. The molecule has 0 saturated carbocycles. The zero-order valence-corrected chi connectivity index (χ0v) is 16.6. The van der Waals surface area contributed by atoms with Gasteiger partial charge in [-0.15, -0.1) is 0 Å². The van der Waals surface area contributed by atoms with Crippen molar-refractivity contribution in [3.8, 4) is 11.3 Å². The first-order valence-corrected chi connectivity index (χ1v) is 9.21. The molecular formula is C20H13BrClNO5. The molecule has 28 heavy (non-hydrogen) atoms. The minimum absolute atomic E-state index is 0.0830. The highest BCUT2D eigenvalue weighted by atomic mass is 79.9. The summed E-state index contributed by atoms with van der Waals surface area (Å²) in [6.07, 6.45) is 0.582. The summed E-state index contributed by atoms with van der Waals surface area (Å²) < 4.78 is 11.3. The number of benzene rings is 2. The number of esters is 1. The van der Waals surface area contributed by atoms with E-state index in [1.54, 1.807) is 36.4 Å². The molecule has 1 aromatic heterocycles. The van der Waals surface area contributed by atoms with E-state index >= 15 is 0 Å². The van der Waals surface area contributed by atoms with Crippen LogP contribution in [0.5, 0.6) is 0 Å². The predicted molar refractivity (Wildman–Crippen MR) is 108 cm³/mol. The predicted octanol–water partition coefficient (Wildman–Crippen LogP) is 4.97. The monoisotopic (exact) mass is 461 g/mol. The molecule has 1 heterocycles. The maximum absolute atomic E-state index is 12.3. The molecule has 0 bridgehead atoms. The molecule has 2 aromatic carbocycles. The molecule has 0 aliphatic heterocycles. The average molecular weight is 463 g/mol. The molecule has 0 spiro atoms. The molecule has 0 fully saturated rings. The van der Waals surface area contributed by atoms with E-state index in [0.29, 0.717) is 23.3 Å². The van der Waals surface area contributed by atoms with Gasteiger partial charge in [-0.1, -0.05) is 27.5 Å². The van der Waals surface area contributed by atoms with Crippen LogP contribution in [-0.4, -0.2) is 24.8 Å². The number of rotatable bonds is 6. The van der Waals surface area contributed by atoms with Crippen molar-refractivity contribution in [3.05, 3.63) is 75.4 Å². The van der Waals surface area contributed by atoms with Gasteiger partial charge in [0.15, 0.2) is 18.7 Å². The number of halogens is 2. The van der Waals surface area contributed by atoms with Crippen LogP contribution in [0.2, 0.25) is 5.02 Å². The Labute approximate surface area is 173 Å². The van der Waals surface area contributed by atoms with Crippen molar-refractivity contribution in [2.75, 3.05) is 11.9 Å². The Kier molecular flexibility index (Phi) is 6.28. The van der Waals surface area contributed by atoms with E-state index in [1.165, 1.54) is 18.2 Å². The molecule has 1 amide bonds. The van der Waals surface area contributed by atoms with Crippen LogP contribution in [0, 0.1) is 0 Å². The van der Waals surface area contributed by atoms with Gasteiger partial charge in [0.2, 0.25) is 0 Å². The van der Waals surface area contributed by atoms with Crippen molar-refractivity contribution in [3.63, 3.8) is 0 Å². The van der Waals surface area contributed by atoms with Gasteiger partial charge < -0.3 is 14.5 Å². The van der Waals surface area contributed by atoms with E-state index in [1.807, 2.05) is 0 Å². The number of anilines is 1. The second kappa shape index (κ2) is 8.86. The fourth-order valence-corrected chi connectivity index (χ4v) is 2.80. The molecule has 0 radical (unpaired) electrons. The van der Waals surface area contributed by atoms with Gasteiger partial charge in [0.05, 0.1) is 10.6 Å². The second-order valence-corrected chi connectivity index (χ2v) is 6.97. The molecule has 6 nitrogen and oxygen atoms in total. The molecule has 3 rings (SSSR count). The topological polar surface area (TPSA) is 85.6 Å². The Morgan fingerprint density at radius 1 is 1.11 bits per heavy atom. The molecule has 0 atom stereocenters. The maximum Gasteiger partial charge on any atom is 0.340 e. The zero-order chi connectivity index (χ0) is 20.1. The van der Waals surface area contributed by atoms with Crippen molar-refractivity contribution < 1.29 is 23.5 Å². The first kappa shape index (κ1) is 19.9. The molecule has 0 aliphatic rings. The van der Waals surface area contributed by atoms with Crippen molar-refractivity contribution in [1.29, 1.82) is 0 Å². The van der Waals surface area contributed by atoms with Crippen molar-refractivity contribution in [2.24, 2.45) is 0 Å². The minimum atomic E-state index is -0.750. The number of carbonyl (C=O) groups is 3. The van der Waals surface area contributed by atoms with Gasteiger partial charge in [-0.3, -0.25) is 9.59 Å².